The molecule has 11 heteroatoms. The Morgan fingerprint density at radius 1 is 1.13 bits per heavy atom. The molecule has 31 heavy (non-hydrogen) atoms. The zero-order valence-electron chi connectivity index (χ0n) is 16.6. The fourth-order valence-electron chi connectivity index (χ4n) is 3.23. The van der Waals surface area contributed by atoms with Crippen molar-refractivity contribution in [1.29, 1.82) is 0 Å². The number of benzene rings is 2. The minimum atomic E-state index is -2.93. The average Bonchev–Trinajstić information content (AvgIpc) is 3.07. The van der Waals surface area contributed by atoms with Crippen molar-refractivity contribution in [2.75, 3.05) is 12.4 Å². The topological polar surface area (TPSA) is 99.0 Å². The zero-order chi connectivity index (χ0) is 22.1. The first-order valence-electron chi connectivity index (χ1n) is 9.26. The number of nitrogens with two attached hydrogens (primary N) is 1. The summed E-state index contributed by atoms with van der Waals surface area (Å²) < 4.78 is 50.6. The second-order valence-corrected chi connectivity index (χ2v) is 6.71. The molecule has 0 saturated carbocycles. The summed E-state index contributed by atoms with van der Waals surface area (Å²) in [6, 6.07) is 11.0. The maximum atomic E-state index is 14.7. The number of rotatable bonds is 5. The summed E-state index contributed by atoms with van der Waals surface area (Å²) in [7, 11) is 1.55. The molecule has 0 amide bonds. The van der Waals surface area contributed by atoms with Gasteiger partial charge in [0.15, 0.2) is 12.3 Å². The molecule has 2 atom stereocenters. The lowest BCUT2D eigenvalue weighted by molar-refractivity contribution is -0.0498. The van der Waals surface area contributed by atoms with Gasteiger partial charge in [-0.15, -0.1) is 0 Å². The van der Waals surface area contributed by atoms with Gasteiger partial charge >= 0.3 is 6.61 Å². The number of halogens is 3. The third-order valence-electron chi connectivity index (χ3n) is 4.67. The summed E-state index contributed by atoms with van der Waals surface area (Å²) in [5.74, 6) is 1.11. The maximum absolute atomic E-state index is 14.7. The molecule has 0 fully saturated rings. The largest absolute Gasteiger partial charge is 0.497 e. The SMILES string of the molecule is COc1ccc2nc(C)n(C3=NC(Nc4ccc(OC(F)F)cc4)C(F)C(N)=N3)c2c1. The molecule has 0 bridgehead atoms. The van der Waals surface area contributed by atoms with Gasteiger partial charge in [-0.2, -0.15) is 13.8 Å². The van der Waals surface area contributed by atoms with E-state index in [1.165, 1.54) is 24.3 Å². The van der Waals surface area contributed by atoms with Gasteiger partial charge in [0.1, 0.15) is 23.2 Å². The normalized spacial score (nSPS) is 18.6. The number of imidazole rings is 1. The number of aliphatic imine (C=N–C) groups is 2. The zero-order valence-corrected chi connectivity index (χ0v) is 16.6. The Labute approximate surface area is 175 Å². The minimum Gasteiger partial charge on any atom is -0.497 e. The number of nitrogens with zero attached hydrogens (tertiary/aromatic N) is 4. The van der Waals surface area contributed by atoms with Gasteiger partial charge < -0.3 is 20.5 Å². The Morgan fingerprint density at radius 2 is 1.84 bits per heavy atom. The molecule has 1 aliphatic rings. The lowest BCUT2D eigenvalue weighted by Gasteiger charge is -2.24. The van der Waals surface area contributed by atoms with E-state index in [0.29, 0.717) is 28.3 Å². The highest BCUT2D eigenvalue weighted by Gasteiger charge is 2.30. The van der Waals surface area contributed by atoms with Gasteiger partial charge in [0.25, 0.3) is 0 Å². The van der Waals surface area contributed by atoms with Crippen molar-refractivity contribution in [3.8, 4) is 11.5 Å². The van der Waals surface area contributed by atoms with Crippen molar-refractivity contribution in [2.45, 2.75) is 25.9 Å². The Morgan fingerprint density at radius 3 is 2.52 bits per heavy atom. The highest BCUT2D eigenvalue weighted by atomic mass is 19.3. The molecule has 2 unspecified atom stereocenters. The summed E-state index contributed by atoms with van der Waals surface area (Å²) in [6.45, 7) is -1.16. The fraction of sp³-hybridized carbons (Fsp3) is 0.250. The molecule has 2 heterocycles. The van der Waals surface area contributed by atoms with Crippen molar-refractivity contribution in [2.24, 2.45) is 15.7 Å². The van der Waals surface area contributed by atoms with Crippen LogP contribution in [0.3, 0.4) is 0 Å². The quantitative estimate of drug-likeness (QED) is 0.645. The Kier molecular flexibility index (Phi) is 5.40. The number of aromatic nitrogens is 2. The number of anilines is 1. The van der Waals surface area contributed by atoms with Crippen molar-refractivity contribution < 1.29 is 22.6 Å². The summed E-state index contributed by atoms with van der Waals surface area (Å²) in [6.07, 6.45) is -2.78. The van der Waals surface area contributed by atoms with Crippen LogP contribution in [0.25, 0.3) is 11.0 Å². The number of aryl methyl sites for hydroxylation is 1. The van der Waals surface area contributed by atoms with Gasteiger partial charge in [-0.05, 0) is 43.3 Å². The van der Waals surface area contributed by atoms with Crippen LogP contribution in [-0.2, 0) is 0 Å². The van der Waals surface area contributed by atoms with Crippen molar-refractivity contribution >= 4 is 28.5 Å². The molecular weight excluding hydrogens is 413 g/mol. The molecule has 1 aromatic heterocycles. The number of amidine groups is 1. The molecule has 2 aromatic carbocycles. The van der Waals surface area contributed by atoms with Crippen molar-refractivity contribution in [3.05, 3.63) is 48.3 Å². The highest BCUT2D eigenvalue weighted by Crippen LogP contribution is 2.25. The van der Waals surface area contributed by atoms with Crippen LogP contribution in [0.4, 0.5) is 18.9 Å². The van der Waals surface area contributed by atoms with Gasteiger partial charge in [-0.3, -0.25) is 4.57 Å². The van der Waals surface area contributed by atoms with E-state index in [2.05, 4.69) is 25.0 Å². The molecule has 1 aliphatic heterocycles. The molecule has 0 aliphatic carbocycles. The first-order chi connectivity index (χ1) is 14.9. The number of fused-ring (bicyclic) bond motifs is 1. The lowest BCUT2D eigenvalue weighted by atomic mass is 10.2. The first-order valence-corrected chi connectivity index (χ1v) is 9.26. The molecule has 4 rings (SSSR count). The number of ether oxygens (including phenoxy) is 2. The van der Waals surface area contributed by atoms with Crippen LogP contribution >= 0.6 is 0 Å². The van der Waals surface area contributed by atoms with Gasteiger partial charge in [0.05, 0.1) is 18.1 Å². The standard InChI is InChI=1S/C20H19F3N6O2/c1-10-25-14-8-7-13(30-2)9-15(14)29(10)20-27-17(24)16(21)18(28-20)26-11-3-5-12(6-4-11)31-19(22)23/h3-9,16,18-19,26H,1-2H3,(H2,24,27,28). The van der Waals surface area contributed by atoms with Crippen LogP contribution in [0.15, 0.2) is 52.4 Å². The Balaban J connectivity index is 1.67. The van der Waals surface area contributed by atoms with E-state index in [0.717, 1.165) is 0 Å². The molecule has 8 nitrogen and oxygen atoms in total. The summed E-state index contributed by atoms with van der Waals surface area (Å²) >= 11 is 0. The number of nitrogens with one attached hydrogen (secondary N) is 1. The molecule has 3 N–H and O–H groups in total. The average molecular weight is 432 g/mol. The van der Waals surface area contributed by atoms with E-state index >= 15 is 0 Å². The Hall–Kier alpha value is -3.76. The molecule has 0 saturated heterocycles. The number of hydrogen-bond acceptors (Lipinski definition) is 7. The predicted octanol–water partition coefficient (Wildman–Crippen LogP) is 3.31. The van der Waals surface area contributed by atoms with E-state index in [-0.39, 0.29) is 17.5 Å². The number of alkyl halides is 3. The molecule has 3 aromatic rings. The van der Waals surface area contributed by atoms with Crippen LogP contribution in [0.5, 0.6) is 11.5 Å². The van der Waals surface area contributed by atoms with E-state index in [1.807, 2.05) is 0 Å². The smallest absolute Gasteiger partial charge is 0.387 e. The van der Waals surface area contributed by atoms with Gasteiger partial charge in [-0.25, -0.2) is 14.4 Å². The number of hydrogen-bond donors (Lipinski definition) is 2. The lowest BCUT2D eigenvalue weighted by Crippen LogP contribution is -2.44. The maximum Gasteiger partial charge on any atom is 0.387 e. The summed E-state index contributed by atoms with van der Waals surface area (Å²) in [5, 5.41) is 2.90. The van der Waals surface area contributed by atoms with Crippen LogP contribution in [0.2, 0.25) is 0 Å². The second kappa shape index (κ2) is 8.17. The second-order valence-electron chi connectivity index (χ2n) is 6.71. The molecule has 0 spiro atoms. The third-order valence-corrected chi connectivity index (χ3v) is 4.67. The van der Waals surface area contributed by atoms with Crippen LogP contribution in [0.1, 0.15) is 5.82 Å². The van der Waals surface area contributed by atoms with Gasteiger partial charge in [-0.1, -0.05) is 0 Å². The van der Waals surface area contributed by atoms with Crippen LogP contribution in [0, 0.1) is 6.92 Å². The monoisotopic (exact) mass is 432 g/mol. The first kappa shape index (κ1) is 20.5. The predicted molar refractivity (Wildman–Crippen MR) is 111 cm³/mol. The minimum absolute atomic E-state index is 0.0132. The van der Waals surface area contributed by atoms with E-state index < -0.39 is 18.9 Å². The number of methoxy groups -OCH3 is 1. The van der Waals surface area contributed by atoms with Crippen molar-refractivity contribution in [3.63, 3.8) is 0 Å². The van der Waals surface area contributed by atoms with Gasteiger partial charge in [0.2, 0.25) is 5.96 Å². The summed E-state index contributed by atoms with van der Waals surface area (Å²) in [4.78, 5) is 13.0. The third kappa shape index (κ3) is 4.11. The van der Waals surface area contributed by atoms with E-state index in [1.54, 1.807) is 36.8 Å². The molecule has 162 valence electrons. The van der Waals surface area contributed by atoms with Crippen LogP contribution < -0.4 is 20.5 Å². The van der Waals surface area contributed by atoms with E-state index in [9.17, 15) is 13.2 Å². The Bertz CT molecular complexity index is 1160. The summed E-state index contributed by atoms with van der Waals surface area (Å²) in [5.41, 5.74) is 7.65. The fourth-order valence-corrected chi connectivity index (χ4v) is 3.23. The van der Waals surface area contributed by atoms with Crippen molar-refractivity contribution in [1.82, 2.24) is 9.55 Å². The van der Waals surface area contributed by atoms with E-state index in [4.69, 9.17) is 10.5 Å². The highest BCUT2D eigenvalue weighted by molar-refractivity contribution is 6.04. The van der Waals surface area contributed by atoms with Gasteiger partial charge in [0, 0.05) is 11.8 Å². The molecular formula is C20H19F3N6O2. The van der Waals surface area contributed by atoms with Crippen LogP contribution in [-0.4, -0.2) is 47.4 Å². The molecule has 0 radical (unpaired) electrons.